The Morgan fingerprint density at radius 3 is 2.67 bits per heavy atom. The molecule has 1 N–H and O–H groups in total. The van der Waals surface area contributed by atoms with Crippen molar-refractivity contribution >= 4 is 49.3 Å². The van der Waals surface area contributed by atoms with E-state index >= 15 is 0 Å². The summed E-state index contributed by atoms with van der Waals surface area (Å²) >= 11 is 2.83. The molecule has 0 atom stereocenters. The van der Waals surface area contributed by atoms with Crippen molar-refractivity contribution in [3.8, 4) is 10.7 Å². The molecule has 206 valence electrons. The fourth-order valence-electron chi connectivity index (χ4n) is 4.24. The molecule has 4 aromatic heterocycles. The number of nitrogens with one attached hydrogen (secondary N) is 1. The summed E-state index contributed by atoms with van der Waals surface area (Å²) in [6, 6.07) is 17.0. The van der Waals surface area contributed by atoms with Crippen molar-refractivity contribution < 1.29 is 13.2 Å². The Balaban J connectivity index is 0.00000353. The molecule has 5 aromatic rings. The number of hydrogen-bond donors (Lipinski definition) is 1. The van der Waals surface area contributed by atoms with Crippen LogP contribution in [-0.4, -0.2) is 55.1 Å². The Morgan fingerprint density at radius 1 is 1.05 bits per heavy atom. The van der Waals surface area contributed by atoms with Gasteiger partial charge in [-0.15, -0.1) is 22.7 Å². The van der Waals surface area contributed by atoms with Crippen LogP contribution < -0.4 is 4.31 Å². The summed E-state index contributed by atoms with van der Waals surface area (Å²) in [5.74, 6) is 0. The molecule has 0 saturated carbocycles. The van der Waals surface area contributed by atoms with Gasteiger partial charge in [-0.05, 0) is 49.7 Å². The molecule has 8 nitrogen and oxygen atoms in total. The number of pyridine rings is 1. The fourth-order valence-corrected chi connectivity index (χ4v) is 7.77. The second kappa shape index (κ2) is 12.8. The predicted octanol–water partition coefficient (Wildman–Crippen LogP) is 6.25. The zero-order chi connectivity index (χ0) is 26.5. The SMILES string of the molecule is C.CCOCCN(c1cccc2cc(-c3ncc(CN(C)Cc4ccccn4)s3)[nH]c12)S(=O)(=O)c1cccs1. The lowest BCUT2D eigenvalue weighted by Crippen LogP contribution is -2.34. The van der Waals surface area contributed by atoms with Gasteiger partial charge in [0.2, 0.25) is 0 Å². The number of thiophene rings is 1. The second-order valence-electron chi connectivity index (χ2n) is 8.76. The zero-order valence-electron chi connectivity index (χ0n) is 21.2. The Labute approximate surface area is 238 Å². The molecule has 0 bridgehead atoms. The molecule has 39 heavy (non-hydrogen) atoms. The van der Waals surface area contributed by atoms with Gasteiger partial charge in [-0.3, -0.25) is 14.2 Å². The quantitative estimate of drug-likeness (QED) is 0.175. The van der Waals surface area contributed by atoms with E-state index < -0.39 is 10.0 Å². The number of benzene rings is 1. The molecular weight excluding hydrogens is 551 g/mol. The highest BCUT2D eigenvalue weighted by Crippen LogP contribution is 2.35. The number of sulfonamides is 1. The van der Waals surface area contributed by atoms with Crippen molar-refractivity contribution in [1.82, 2.24) is 19.9 Å². The number of nitrogens with zero attached hydrogens (tertiary/aromatic N) is 4. The van der Waals surface area contributed by atoms with Gasteiger partial charge in [0.15, 0.2) is 0 Å². The summed E-state index contributed by atoms with van der Waals surface area (Å²) in [7, 11) is -1.68. The Kier molecular flexibility index (Phi) is 9.52. The summed E-state index contributed by atoms with van der Waals surface area (Å²) in [6.45, 7) is 4.43. The summed E-state index contributed by atoms with van der Waals surface area (Å²) in [5.41, 5.74) is 3.22. The third kappa shape index (κ3) is 6.56. The third-order valence-electron chi connectivity index (χ3n) is 5.95. The van der Waals surface area contributed by atoms with Crippen molar-refractivity contribution in [2.24, 2.45) is 0 Å². The second-order valence-corrected chi connectivity index (χ2v) is 12.9. The topological polar surface area (TPSA) is 91.4 Å². The summed E-state index contributed by atoms with van der Waals surface area (Å²) in [6.07, 6.45) is 3.71. The first kappa shape index (κ1) is 28.9. The highest BCUT2D eigenvalue weighted by molar-refractivity contribution is 7.94. The fraction of sp³-hybridized carbons (Fsp3) is 0.286. The van der Waals surface area contributed by atoms with Crippen LogP contribution in [-0.2, 0) is 27.8 Å². The van der Waals surface area contributed by atoms with Crippen LogP contribution >= 0.6 is 22.7 Å². The standard InChI is InChI=1S/C27H29N5O3S3.CH4/c1-3-35-14-13-32(38(33,34)25-11-7-15-36-25)24-10-6-8-20-16-23(30-26(20)24)27-29-17-22(37-27)19-31(2)18-21-9-4-5-12-28-21;/h4-12,15-17,30H,3,13-14,18-19H2,1-2H3;1H4. The average molecular weight is 584 g/mol. The lowest BCUT2D eigenvalue weighted by molar-refractivity contribution is 0.156. The first-order valence-corrected chi connectivity index (χ1v) is 15.4. The number of anilines is 1. The number of H-pyrrole nitrogens is 1. The van der Waals surface area contributed by atoms with Gasteiger partial charge in [0.05, 0.1) is 35.7 Å². The largest absolute Gasteiger partial charge is 0.380 e. The number of fused-ring (bicyclic) bond motifs is 1. The summed E-state index contributed by atoms with van der Waals surface area (Å²) in [4.78, 5) is 15.9. The van der Waals surface area contributed by atoms with E-state index in [1.54, 1.807) is 28.8 Å². The molecule has 0 unspecified atom stereocenters. The van der Waals surface area contributed by atoms with Crippen LogP contribution in [0.25, 0.3) is 21.6 Å². The van der Waals surface area contributed by atoms with Gasteiger partial charge < -0.3 is 9.72 Å². The van der Waals surface area contributed by atoms with Crippen LogP contribution in [0.4, 0.5) is 5.69 Å². The maximum absolute atomic E-state index is 13.6. The van der Waals surface area contributed by atoms with Crippen LogP contribution in [0.1, 0.15) is 24.9 Å². The highest BCUT2D eigenvalue weighted by atomic mass is 32.2. The molecule has 0 aliphatic heterocycles. The molecule has 0 fully saturated rings. The maximum atomic E-state index is 13.6. The lowest BCUT2D eigenvalue weighted by Gasteiger charge is -2.24. The molecule has 0 aliphatic rings. The van der Waals surface area contributed by atoms with E-state index in [9.17, 15) is 8.42 Å². The minimum Gasteiger partial charge on any atom is -0.380 e. The van der Waals surface area contributed by atoms with Crippen LogP contribution in [0.2, 0.25) is 0 Å². The molecule has 5 rings (SSSR count). The Morgan fingerprint density at radius 2 is 1.92 bits per heavy atom. The Hall–Kier alpha value is -3.09. The van der Waals surface area contributed by atoms with Gasteiger partial charge in [0, 0.05) is 42.4 Å². The van der Waals surface area contributed by atoms with Crippen LogP contribution in [0.3, 0.4) is 0 Å². The number of rotatable bonds is 12. The molecule has 0 spiro atoms. The van der Waals surface area contributed by atoms with Crippen LogP contribution in [0.5, 0.6) is 0 Å². The minimum atomic E-state index is -3.75. The normalized spacial score (nSPS) is 11.7. The van der Waals surface area contributed by atoms with Gasteiger partial charge in [-0.1, -0.05) is 31.7 Å². The number of para-hydroxylation sites is 1. The Bertz CT molecular complexity index is 1580. The molecule has 0 amide bonds. The van der Waals surface area contributed by atoms with Crippen molar-refractivity contribution in [1.29, 1.82) is 0 Å². The minimum absolute atomic E-state index is 0. The number of aromatic nitrogens is 3. The molecule has 0 aliphatic carbocycles. The van der Waals surface area contributed by atoms with E-state index in [4.69, 9.17) is 4.74 Å². The zero-order valence-corrected chi connectivity index (χ0v) is 23.7. The van der Waals surface area contributed by atoms with Crippen LogP contribution in [0.15, 0.2) is 76.6 Å². The lowest BCUT2D eigenvalue weighted by atomic mass is 10.2. The number of hydrogen-bond acceptors (Lipinski definition) is 8. The van der Waals surface area contributed by atoms with Gasteiger partial charge in [-0.25, -0.2) is 13.4 Å². The van der Waals surface area contributed by atoms with Crippen molar-refractivity contribution in [2.45, 2.75) is 31.6 Å². The first-order valence-electron chi connectivity index (χ1n) is 12.2. The van der Waals surface area contributed by atoms with Gasteiger partial charge in [0.25, 0.3) is 10.0 Å². The molecule has 0 saturated heterocycles. The van der Waals surface area contributed by atoms with Crippen molar-refractivity contribution in [2.75, 3.05) is 31.1 Å². The number of thiazole rings is 1. The molecule has 4 heterocycles. The summed E-state index contributed by atoms with van der Waals surface area (Å²) < 4.78 is 34.5. The van der Waals surface area contributed by atoms with E-state index in [2.05, 4.69) is 26.9 Å². The predicted molar refractivity (Wildman–Crippen MR) is 161 cm³/mol. The summed E-state index contributed by atoms with van der Waals surface area (Å²) in [5, 5.41) is 3.55. The van der Waals surface area contributed by atoms with E-state index in [-0.39, 0.29) is 14.0 Å². The van der Waals surface area contributed by atoms with Gasteiger partial charge in [0.1, 0.15) is 9.22 Å². The highest BCUT2D eigenvalue weighted by Gasteiger charge is 2.28. The molecule has 1 aromatic carbocycles. The number of aromatic amines is 1. The third-order valence-corrected chi connectivity index (χ3v) is 10.2. The number of ether oxygens (including phenoxy) is 1. The smallest absolute Gasteiger partial charge is 0.273 e. The molecule has 11 heteroatoms. The van der Waals surface area contributed by atoms with E-state index in [0.29, 0.717) is 23.1 Å². The van der Waals surface area contributed by atoms with E-state index in [1.807, 2.05) is 61.8 Å². The monoisotopic (exact) mass is 583 g/mol. The average Bonchev–Trinajstić information content (AvgIpc) is 3.68. The van der Waals surface area contributed by atoms with E-state index in [0.717, 1.165) is 45.3 Å². The van der Waals surface area contributed by atoms with Crippen molar-refractivity contribution in [3.63, 3.8) is 0 Å². The first-order chi connectivity index (χ1) is 18.5. The van der Waals surface area contributed by atoms with Gasteiger partial charge >= 0.3 is 0 Å². The van der Waals surface area contributed by atoms with Crippen molar-refractivity contribution in [3.05, 3.63) is 82.9 Å². The molecular formula is C28H33N5O3S3. The van der Waals surface area contributed by atoms with Crippen LogP contribution in [0, 0.1) is 0 Å². The maximum Gasteiger partial charge on any atom is 0.273 e. The van der Waals surface area contributed by atoms with E-state index in [1.165, 1.54) is 15.6 Å². The van der Waals surface area contributed by atoms with Gasteiger partial charge in [-0.2, -0.15) is 0 Å². The molecule has 0 radical (unpaired) electrons.